The maximum absolute atomic E-state index is 13.8. The second-order valence-corrected chi connectivity index (χ2v) is 8.66. The molecule has 0 saturated heterocycles. The van der Waals surface area contributed by atoms with Gasteiger partial charge >= 0.3 is 0 Å². The zero-order valence-corrected chi connectivity index (χ0v) is 20.4. The third kappa shape index (κ3) is 4.85. The van der Waals surface area contributed by atoms with Crippen molar-refractivity contribution < 1.29 is 19.1 Å². The molecule has 3 aromatic carbocycles. The second-order valence-electron chi connectivity index (χ2n) is 8.66. The predicted molar refractivity (Wildman–Crippen MR) is 137 cm³/mol. The molecule has 0 fully saturated rings. The summed E-state index contributed by atoms with van der Waals surface area (Å²) in [6, 6.07) is 18.1. The molecule has 0 aliphatic carbocycles. The summed E-state index contributed by atoms with van der Waals surface area (Å²) in [5.41, 5.74) is 2.16. The molecule has 1 aliphatic rings. The number of carbonyl (C=O) groups is 3. The fourth-order valence-corrected chi connectivity index (χ4v) is 4.62. The summed E-state index contributed by atoms with van der Waals surface area (Å²) in [5.74, 6) is -0.00148. The third-order valence-corrected chi connectivity index (χ3v) is 6.36. The summed E-state index contributed by atoms with van der Waals surface area (Å²) in [7, 11) is 1.59. The Morgan fingerprint density at radius 1 is 1.06 bits per heavy atom. The van der Waals surface area contributed by atoms with Gasteiger partial charge in [-0.25, -0.2) is 0 Å². The minimum Gasteiger partial charge on any atom is -0.497 e. The lowest BCUT2D eigenvalue weighted by Crippen LogP contribution is -2.52. The highest BCUT2D eigenvalue weighted by atomic mass is 16.5. The molecule has 35 heavy (non-hydrogen) atoms. The van der Waals surface area contributed by atoms with Crippen molar-refractivity contribution in [2.75, 3.05) is 25.1 Å². The summed E-state index contributed by atoms with van der Waals surface area (Å²) in [6.07, 6.45) is 1.26. The van der Waals surface area contributed by atoms with E-state index in [0.717, 1.165) is 28.4 Å². The number of nitrogens with one attached hydrogen (secondary N) is 1. The molecular weight excluding hydrogens is 442 g/mol. The summed E-state index contributed by atoms with van der Waals surface area (Å²) in [5, 5.41) is 4.74. The van der Waals surface area contributed by atoms with Crippen molar-refractivity contribution in [1.82, 2.24) is 10.2 Å². The molecule has 0 saturated carbocycles. The van der Waals surface area contributed by atoms with E-state index in [2.05, 4.69) is 5.32 Å². The molecule has 1 aliphatic heterocycles. The summed E-state index contributed by atoms with van der Waals surface area (Å²) in [6.45, 7) is 4.50. The van der Waals surface area contributed by atoms with Crippen LogP contribution in [0.15, 0.2) is 60.7 Å². The van der Waals surface area contributed by atoms with Crippen molar-refractivity contribution in [3.63, 3.8) is 0 Å². The highest BCUT2D eigenvalue weighted by Gasteiger charge is 2.35. The number of rotatable bonds is 10. The lowest BCUT2D eigenvalue weighted by molar-refractivity contribution is -0.140. The number of hydrogen-bond donors (Lipinski definition) is 1. The van der Waals surface area contributed by atoms with Gasteiger partial charge in [-0.15, -0.1) is 0 Å². The van der Waals surface area contributed by atoms with Gasteiger partial charge in [-0.05, 0) is 48.1 Å². The highest BCUT2D eigenvalue weighted by Crippen LogP contribution is 2.37. The van der Waals surface area contributed by atoms with Crippen molar-refractivity contribution in [2.45, 2.75) is 39.3 Å². The van der Waals surface area contributed by atoms with Gasteiger partial charge in [0.15, 0.2) is 0 Å². The summed E-state index contributed by atoms with van der Waals surface area (Å²) < 4.78 is 5.34. The molecule has 0 spiro atoms. The van der Waals surface area contributed by atoms with Gasteiger partial charge in [0.1, 0.15) is 18.3 Å². The normalized spacial score (nSPS) is 13.1. The van der Waals surface area contributed by atoms with Crippen molar-refractivity contribution in [3.05, 3.63) is 71.8 Å². The van der Waals surface area contributed by atoms with Crippen molar-refractivity contribution in [2.24, 2.45) is 0 Å². The Kier molecular flexibility index (Phi) is 7.34. The van der Waals surface area contributed by atoms with Crippen LogP contribution in [0, 0.1) is 0 Å². The summed E-state index contributed by atoms with van der Waals surface area (Å²) in [4.78, 5) is 43.1. The van der Waals surface area contributed by atoms with E-state index < -0.39 is 6.04 Å². The first kappa shape index (κ1) is 24.3. The first-order chi connectivity index (χ1) is 17.0. The van der Waals surface area contributed by atoms with Crippen LogP contribution in [0.1, 0.15) is 42.6 Å². The van der Waals surface area contributed by atoms with Gasteiger partial charge in [0.25, 0.3) is 5.91 Å². The number of methoxy groups -OCH3 is 1. The van der Waals surface area contributed by atoms with E-state index in [-0.39, 0.29) is 30.8 Å². The van der Waals surface area contributed by atoms with Crippen molar-refractivity contribution in [1.29, 1.82) is 0 Å². The second kappa shape index (κ2) is 10.6. The van der Waals surface area contributed by atoms with E-state index in [1.54, 1.807) is 18.1 Å². The molecule has 1 atom stereocenters. The fraction of sp³-hybridized carbons (Fsp3) is 0.321. The average Bonchev–Trinajstić information content (AvgIpc) is 3.15. The molecule has 1 N–H and O–H groups in total. The quantitative estimate of drug-likeness (QED) is 0.480. The van der Waals surface area contributed by atoms with Crippen LogP contribution in [-0.4, -0.2) is 48.9 Å². The Balaban J connectivity index is 1.65. The predicted octanol–water partition coefficient (Wildman–Crippen LogP) is 4.14. The molecule has 1 heterocycles. The molecule has 0 unspecified atom stereocenters. The lowest BCUT2D eigenvalue weighted by atomic mass is 10.1. The van der Waals surface area contributed by atoms with Gasteiger partial charge in [-0.2, -0.15) is 0 Å². The molecule has 0 radical (unpaired) electrons. The maximum atomic E-state index is 13.8. The first-order valence-electron chi connectivity index (χ1n) is 12.0. The van der Waals surface area contributed by atoms with Gasteiger partial charge in [0, 0.05) is 24.0 Å². The Morgan fingerprint density at radius 3 is 2.51 bits per heavy atom. The van der Waals surface area contributed by atoms with E-state index in [1.165, 1.54) is 4.90 Å². The number of benzene rings is 3. The number of nitrogens with zero attached hydrogens (tertiary/aromatic N) is 2. The Morgan fingerprint density at radius 2 is 1.80 bits per heavy atom. The van der Waals surface area contributed by atoms with Crippen molar-refractivity contribution >= 4 is 34.2 Å². The smallest absolute Gasteiger partial charge is 0.259 e. The van der Waals surface area contributed by atoms with Gasteiger partial charge in [0.05, 0.1) is 12.8 Å². The number of amides is 3. The van der Waals surface area contributed by atoms with Crippen LogP contribution in [0.5, 0.6) is 5.75 Å². The molecule has 3 aromatic rings. The fourth-order valence-electron chi connectivity index (χ4n) is 4.62. The van der Waals surface area contributed by atoms with Gasteiger partial charge < -0.3 is 15.0 Å². The lowest BCUT2D eigenvalue weighted by Gasteiger charge is -2.32. The molecule has 182 valence electrons. The van der Waals surface area contributed by atoms with E-state index in [9.17, 15) is 14.4 Å². The third-order valence-electron chi connectivity index (χ3n) is 6.36. The average molecular weight is 474 g/mol. The van der Waals surface area contributed by atoms with E-state index in [4.69, 9.17) is 4.74 Å². The summed E-state index contributed by atoms with van der Waals surface area (Å²) >= 11 is 0. The highest BCUT2D eigenvalue weighted by molar-refractivity contribution is 6.26. The number of ether oxygens (including phenoxy) is 1. The van der Waals surface area contributed by atoms with Crippen LogP contribution >= 0.6 is 0 Å². The molecule has 3 amide bonds. The molecule has 0 bridgehead atoms. The molecule has 7 heteroatoms. The zero-order chi connectivity index (χ0) is 24.9. The Hall–Kier alpha value is -3.87. The van der Waals surface area contributed by atoms with E-state index in [0.29, 0.717) is 24.3 Å². The molecule has 4 rings (SSSR count). The van der Waals surface area contributed by atoms with Crippen molar-refractivity contribution in [3.8, 4) is 5.75 Å². The van der Waals surface area contributed by atoms with E-state index >= 15 is 0 Å². The van der Waals surface area contributed by atoms with Crippen LogP contribution in [-0.2, 0) is 16.1 Å². The molecular formula is C28H31N3O4. The van der Waals surface area contributed by atoms with Gasteiger partial charge in [-0.3, -0.25) is 19.3 Å². The Labute approximate surface area is 205 Å². The number of anilines is 1. The molecule has 0 aromatic heterocycles. The van der Waals surface area contributed by atoms with Gasteiger partial charge in [-0.1, -0.05) is 50.2 Å². The molecule has 7 nitrogen and oxygen atoms in total. The van der Waals surface area contributed by atoms with Crippen LogP contribution in [0.4, 0.5) is 5.69 Å². The maximum Gasteiger partial charge on any atom is 0.259 e. The van der Waals surface area contributed by atoms with Crippen LogP contribution in [0.3, 0.4) is 0 Å². The van der Waals surface area contributed by atoms with E-state index in [1.807, 2.05) is 68.4 Å². The largest absolute Gasteiger partial charge is 0.497 e. The zero-order valence-electron chi connectivity index (χ0n) is 20.4. The minimum absolute atomic E-state index is 0.145. The van der Waals surface area contributed by atoms with Crippen LogP contribution in [0.25, 0.3) is 10.8 Å². The minimum atomic E-state index is -0.656. The SMILES string of the molecule is CCCNC(=O)[C@H](CC)N(Cc1cccc(OC)c1)C(=O)CN1C(=O)c2cccc3cccc1c23. The number of carbonyl (C=O) groups excluding carboxylic acids is 3. The topological polar surface area (TPSA) is 79.0 Å². The van der Waals surface area contributed by atoms with Crippen LogP contribution < -0.4 is 15.0 Å². The van der Waals surface area contributed by atoms with Gasteiger partial charge in [0.2, 0.25) is 11.8 Å². The Bertz CT molecular complexity index is 1250. The standard InChI is InChI=1S/C28H31N3O4/c1-4-15-29-27(33)23(5-2)30(17-19-9-6-12-21(16-19)35-3)25(32)18-31-24-14-8-11-20-10-7-13-22(26(20)24)28(31)34/h6-14,16,23H,4-5,15,17-18H2,1-3H3,(H,29,33)/t23-/m0/s1. The number of hydrogen-bond acceptors (Lipinski definition) is 4. The first-order valence-corrected chi connectivity index (χ1v) is 12.0. The monoisotopic (exact) mass is 473 g/mol. The van der Waals surface area contributed by atoms with Crippen LogP contribution in [0.2, 0.25) is 0 Å².